The number of halogens is 3. The van der Waals surface area contributed by atoms with Crippen LogP contribution in [0.3, 0.4) is 0 Å². The fourth-order valence-corrected chi connectivity index (χ4v) is 7.65. The maximum atomic E-state index is 15.1. The van der Waals surface area contributed by atoms with Gasteiger partial charge in [-0.05, 0) is 82.1 Å². The molecule has 0 N–H and O–H groups in total. The first-order valence-corrected chi connectivity index (χ1v) is 17.5. The number of nitrogens with zero attached hydrogens (tertiary/aromatic N) is 3. The summed E-state index contributed by atoms with van der Waals surface area (Å²) in [4.78, 5) is 0. The van der Waals surface area contributed by atoms with E-state index in [1.807, 2.05) is 45.5 Å². The van der Waals surface area contributed by atoms with Gasteiger partial charge in [-0.1, -0.05) is 108 Å². The zero-order valence-corrected chi connectivity index (χ0v) is 30.0. The lowest BCUT2D eigenvalue weighted by atomic mass is 9.86. The molecular weight excluding hydrogens is 652 g/mol. The van der Waals surface area contributed by atoms with Crippen molar-refractivity contribution in [1.82, 2.24) is 9.13 Å². The van der Waals surface area contributed by atoms with Crippen LogP contribution in [-0.2, 0) is 17.0 Å². The Morgan fingerprint density at radius 3 is 1.37 bits per heavy atom. The second-order valence-corrected chi connectivity index (χ2v) is 15.7. The smallest absolute Gasteiger partial charge is 0.308 e. The largest absolute Gasteiger partial charge is 0.417 e. The van der Waals surface area contributed by atoms with Crippen LogP contribution in [0, 0.1) is 11.3 Å². The van der Waals surface area contributed by atoms with Gasteiger partial charge in [0.1, 0.15) is 0 Å². The third-order valence-corrected chi connectivity index (χ3v) is 10.3. The van der Waals surface area contributed by atoms with Gasteiger partial charge in [0, 0.05) is 27.1 Å². The maximum absolute atomic E-state index is 15.1. The van der Waals surface area contributed by atoms with Crippen LogP contribution >= 0.6 is 0 Å². The standard InChI is InChI=1S/C46H38F3N3/c1-44(2,3)29-19-21-39-34(25-29)31-13-8-11-17-37(31)51(39)41-23-28(27-50)24-42(43(41)33-15-7-10-16-36(33)46(47,48)49)52-38-18-12-9-14-32(38)35-26-30(45(4,5)6)20-22-40(35)52/h7-26H,1-6H3. The number of aromatic nitrogens is 2. The summed E-state index contributed by atoms with van der Waals surface area (Å²) in [6, 6.07) is 40.2. The minimum absolute atomic E-state index is 0.0407. The SMILES string of the molecule is CC(C)(C)c1ccc2c(c1)c1ccccc1n2-c1cc(C#N)cc(-n2c3ccccc3c3cc(C(C)(C)C)ccc32)c1-c1ccccc1C(F)(F)F. The van der Waals surface area contributed by atoms with Crippen LogP contribution in [0.4, 0.5) is 13.2 Å². The molecule has 2 aromatic heterocycles. The Balaban J connectivity index is 1.59. The van der Waals surface area contributed by atoms with Gasteiger partial charge >= 0.3 is 6.18 Å². The molecule has 0 fully saturated rings. The molecule has 0 aliphatic heterocycles. The van der Waals surface area contributed by atoms with Crippen molar-refractivity contribution in [2.24, 2.45) is 0 Å². The van der Waals surface area contributed by atoms with Crippen LogP contribution in [0.1, 0.15) is 63.8 Å². The first-order valence-electron chi connectivity index (χ1n) is 17.5. The zero-order chi connectivity index (χ0) is 36.7. The van der Waals surface area contributed by atoms with E-state index in [4.69, 9.17) is 0 Å². The molecule has 6 aromatic carbocycles. The van der Waals surface area contributed by atoms with Gasteiger partial charge in [-0.2, -0.15) is 18.4 Å². The minimum atomic E-state index is -4.64. The van der Waals surface area contributed by atoms with Gasteiger partial charge in [0.2, 0.25) is 0 Å². The van der Waals surface area contributed by atoms with Crippen LogP contribution in [-0.4, -0.2) is 9.13 Å². The Kier molecular flexibility index (Phi) is 7.45. The normalized spacial score (nSPS) is 12.7. The highest BCUT2D eigenvalue weighted by atomic mass is 19.4. The van der Waals surface area contributed by atoms with Crippen molar-refractivity contribution in [3.05, 3.63) is 144 Å². The van der Waals surface area contributed by atoms with Crippen molar-refractivity contribution in [2.45, 2.75) is 58.5 Å². The number of rotatable bonds is 3. The van der Waals surface area contributed by atoms with E-state index in [1.54, 1.807) is 24.3 Å². The molecule has 0 aliphatic carbocycles. The van der Waals surface area contributed by atoms with Crippen LogP contribution in [0.2, 0.25) is 0 Å². The predicted molar refractivity (Wildman–Crippen MR) is 208 cm³/mol. The van der Waals surface area contributed by atoms with Crippen molar-refractivity contribution in [3.8, 4) is 28.6 Å². The molecule has 0 aliphatic rings. The molecule has 6 heteroatoms. The second kappa shape index (κ2) is 11.6. The van der Waals surface area contributed by atoms with Crippen LogP contribution in [0.5, 0.6) is 0 Å². The number of hydrogen-bond donors (Lipinski definition) is 0. The predicted octanol–water partition coefficient (Wildman–Crippen LogP) is 13.0. The molecule has 0 spiro atoms. The van der Waals surface area contributed by atoms with Crippen molar-refractivity contribution in [3.63, 3.8) is 0 Å². The molecular formula is C46H38F3N3. The molecule has 258 valence electrons. The molecule has 2 heterocycles. The fraction of sp³-hybridized carbons (Fsp3) is 0.196. The highest BCUT2D eigenvalue weighted by Gasteiger charge is 2.35. The zero-order valence-electron chi connectivity index (χ0n) is 30.0. The molecule has 0 bridgehead atoms. The average Bonchev–Trinajstić information content (AvgIpc) is 3.62. The Bertz CT molecular complexity index is 2600. The van der Waals surface area contributed by atoms with Crippen LogP contribution in [0.25, 0.3) is 66.1 Å². The summed E-state index contributed by atoms with van der Waals surface area (Å²) < 4.78 is 49.3. The van der Waals surface area contributed by atoms with E-state index in [2.05, 4.69) is 96.1 Å². The monoisotopic (exact) mass is 689 g/mol. The Morgan fingerprint density at radius 1 is 0.500 bits per heavy atom. The van der Waals surface area contributed by atoms with Gasteiger partial charge in [0.25, 0.3) is 0 Å². The molecule has 0 radical (unpaired) electrons. The molecule has 0 atom stereocenters. The highest BCUT2D eigenvalue weighted by Crippen LogP contribution is 2.47. The van der Waals surface area contributed by atoms with Gasteiger partial charge in [-0.25, -0.2) is 0 Å². The Hall–Kier alpha value is -5.80. The molecule has 0 amide bonds. The summed E-state index contributed by atoms with van der Waals surface area (Å²) in [5.41, 5.74) is 6.45. The Morgan fingerprint density at radius 2 is 0.923 bits per heavy atom. The van der Waals surface area contributed by atoms with Gasteiger partial charge in [0.15, 0.2) is 0 Å². The van der Waals surface area contributed by atoms with Gasteiger partial charge in [-0.3, -0.25) is 0 Å². The molecule has 0 saturated heterocycles. The summed E-state index contributed by atoms with van der Waals surface area (Å²) >= 11 is 0. The first-order chi connectivity index (χ1) is 24.7. The molecule has 8 aromatic rings. The summed E-state index contributed by atoms with van der Waals surface area (Å²) in [6.45, 7) is 13.0. The molecule has 0 saturated carbocycles. The van der Waals surface area contributed by atoms with E-state index in [0.717, 1.165) is 60.8 Å². The summed E-state index contributed by atoms with van der Waals surface area (Å²) in [5, 5.41) is 14.5. The maximum Gasteiger partial charge on any atom is 0.417 e. The number of para-hydroxylation sites is 2. The lowest BCUT2D eigenvalue weighted by Crippen LogP contribution is -2.11. The van der Waals surface area contributed by atoms with Gasteiger partial charge < -0.3 is 9.13 Å². The van der Waals surface area contributed by atoms with Crippen molar-refractivity contribution >= 4 is 43.6 Å². The molecule has 3 nitrogen and oxygen atoms in total. The number of nitriles is 1. The number of benzene rings is 6. The topological polar surface area (TPSA) is 33.6 Å². The van der Waals surface area contributed by atoms with Crippen molar-refractivity contribution in [2.75, 3.05) is 0 Å². The minimum Gasteiger partial charge on any atom is -0.308 e. The quantitative estimate of drug-likeness (QED) is 0.182. The lowest BCUT2D eigenvalue weighted by molar-refractivity contribution is -0.137. The van der Waals surface area contributed by atoms with E-state index in [1.165, 1.54) is 6.07 Å². The van der Waals surface area contributed by atoms with Crippen LogP contribution in [0.15, 0.2) is 121 Å². The van der Waals surface area contributed by atoms with Gasteiger partial charge in [-0.15, -0.1) is 0 Å². The molecule has 8 rings (SSSR count). The first kappa shape index (κ1) is 33.3. The number of hydrogen-bond acceptors (Lipinski definition) is 1. The fourth-order valence-electron chi connectivity index (χ4n) is 7.65. The summed E-state index contributed by atoms with van der Waals surface area (Å²) in [5.74, 6) is 0. The van der Waals surface area contributed by atoms with Crippen molar-refractivity contribution < 1.29 is 13.2 Å². The van der Waals surface area contributed by atoms with Gasteiger partial charge in [0.05, 0.1) is 50.6 Å². The summed E-state index contributed by atoms with van der Waals surface area (Å²) in [6.07, 6.45) is -4.64. The Labute approximate surface area is 301 Å². The highest BCUT2D eigenvalue weighted by molar-refractivity contribution is 6.12. The van der Waals surface area contributed by atoms with E-state index in [-0.39, 0.29) is 16.4 Å². The lowest BCUT2D eigenvalue weighted by Gasteiger charge is -2.23. The van der Waals surface area contributed by atoms with Crippen LogP contribution < -0.4 is 0 Å². The molecule has 52 heavy (non-hydrogen) atoms. The summed E-state index contributed by atoms with van der Waals surface area (Å²) in [7, 11) is 0. The second-order valence-electron chi connectivity index (χ2n) is 15.7. The third-order valence-electron chi connectivity index (χ3n) is 10.3. The molecule has 0 unspecified atom stereocenters. The van der Waals surface area contributed by atoms with E-state index < -0.39 is 11.7 Å². The van der Waals surface area contributed by atoms with Crippen molar-refractivity contribution in [1.29, 1.82) is 5.26 Å². The van der Waals surface area contributed by atoms with E-state index in [0.29, 0.717) is 22.5 Å². The number of alkyl halides is 3. The average molecular weight is 690 g/mol. The van der Waals surface area contributed by atoms with E-state index >= 15 is 13.2 Å². The number of fused-ring (bicyclic) bond motifs is 6. The van der Waals surface area contributed by atoms with E-state index in [9.17, 15) is 5.26 Å². The third kappa shape index (κ3) is 5.26.